The fourth-order valence-corrected chi connectivity index (χ4v) is 2.48. The Morgan fingerprint density at radius 3 is 2.52 bits per heavy atom. The van der Waals surface area contributed by atoms with Crippen LogP contribution in [-0.4, -0.2) is 41.3 Å². The van der Waals surface area contributed by atoms with Crippen molar-refractivity contribution in [1.29, 1.82) is 0 Å². The van der Waals surface area contributed by atoms with E-state index in [1.807, 2.05) is 26.8 Å². The summed E-state index contributed by atoms with van der Waals surface area (Å²) >= 11 is 0. The van der Waals surface area contributed by atoms with Crippen LogP contribution in [-0.2, 0) is 9.53 Å². The summed E-state index contributed by atoms with van der Waals surface area (Å²) in [5.74, 6) is -1.16. The maximum atomic E-state index is 12.7. The molecule has 5 heteroatoms. The SMILES string of the molecule is CC(C)(C)[C@H]1COC(=O)N1C(=O)[C@H](CO)c1ccccc1. The molecule has 2 amide bonds. The van der Waals surface area contributed by atoms with Crippen LogP contribution in [0.2, 0.25) is 0 Å². The van der Waals surface area contributed by atoms with E-state index >= 15 is 0 Å². The summed E-state index contributed by atoms with van der Waals surface area (Å²) in [6.07, 6.45) is -0.630. The Bertz CT molecular complexity index is 521. The monoisotopic (exact) mass is 291 g/mol. The number of aliphatic hydroxyl groups is 1. The first-order valence-corrected chi connectivity index (χ1v) is 7.02. The van der Waals surface area contributed by atoms with Gasteiger partial charge in [0, 0.05) is 0 Å². The average molecular weight is 291 g/mol. The van der Waals surface area contributed by atoms with Gasteiger partial charge in [-0.25, -0.2) is 9.69 Å². The lowest BCUT2D eigenvalue weighted by atomic mass is 9.86. The number of amides is 2. The van der Waals surface area contributed by atoms with Gasteiger partial charge in [0.05, 0.1) is 18.6 Å². The van der Waals surface area contributed by atoms with Gasteiger partial charge in [0.2, 0.25) is 5.91 Å². The van der Waals surface area contributed by atoms with Crippen LogP contribution in [0.3, 0.4) is 0 Å². The third kappa shape index (κ3) is 3.08. The fourth-order valence-electron chi connectivity index (χ4n) is 2.48. The third-order valence-electron chi connectivity index (χ3n) is 3.79. The number of cyclic esters (lactones) is 1. The summed E-state index contributed by atoms with van der Waals surface area (Å²) < 4.78 is 5.04. The molecule has 1 saturated heterocycles. The molecule has 1 fully saturated rings. The Labute approximate surface area is 124 Å². The Kier molecular flexibility index (Phi) is 4.32. The van der Waals surface area contributed by atoms with Gasteiger partial charge < -0.3 is 9.84 Å². The van der Waals surface area contributed by atoms with E-state index in [0.717, 1.165) is 4.90 Å². The van der Waals surface area contributed by atoms with Crippen LogP contribution in [0.1, 0.15) is 32.3 Å². The van der Waals surface area contributed by atoms with Crippen molar-refractivity contribution in [1.82, 2.24) is 4.90 Å². The van der Waals surface area contributed by atoms with Crippen LogP contribution in [0, 0.1) is 5.41 Å². The van der Waals surface area contributed by atoms with E-state index in [4.69, 9.17) is 4.74 Å². The first-order chi connectivity index (χ1) is 9.86. The molecule has 1 heterocycles. The smallest absolute Gasteiger partial charge is 0.417 e. The summed E-state index contributed by atoms with van der Waals surface area (Å²) in [5, 5.41) is 9.59. The van der Waals surface area contributed by atoms with E-state index in [0.29, 0.717) is 5.56 Å². The molecule has 0 aliphatic carbocycles. The van der Waals surface area contributed by atoms with Crippen molar-refractivity contribution in [3.05, 3.63) is 35.9 Å². The van der Waals surface area contributed by atoms with Crippen molar-refractivity contribution in [2.24, 2.45) is 5.41 Å². The van der Waals surface area contributed by atoms with Crippen molar-refractivity contribution >= 4 is 12.0 Å². The minimum Gasteiger partial charge on any atom is -0.447 e. The molecule has 1 aromatic carbocycles. The molecule has 0 saturated carbocycles. The quantitative estimate of drug-likeness (QED) is 0.926. The minimum absolute atomic E-state index is 0.195. The predicted octanol–water partition coefficient (Wildman–Crippen LogP) is 2.16. The maximum absolute atomic E-state index is 12.7. The summed E-state index contributed by atoms with van der Waals surface area (Å²) in [6.45, 7) is 5.72. The fraction of sp³-hybridized carbons (Fsp3) is 0.500. The number of imide groups is 1. The molecule has 1 aliphatic heterocycles. The molecular weight excluding hydrogens is 270 g/mol. The van der Waals surface area contributed by atoms with Crippen LogP contribution in [0.4, 0.5) is 4.79 Å². The highest BCUT2D eigenvalue weighted by Crippen LogP contribution is 2.32. The van der Waals surface area contributed by atoms with E-state index < -0.39 is 17.9 Å². The van der Waals surface area contributed by atoms with E-state index in [1.165, 1.54) is 0 Å². The number of ether oxygens (including phenoxy) is 1. The second-order valence-corrected chi connectivity index (χ2v) is 6.31. The molecule has 1 aromatic rings. The number of nitrogens with zero attached hydrogens (tertiary/aromatic N) is 1. The molecule has 2 rings (SSSR count). The number of aliphatic hydroxyl groups excluding tert-OH is 1. The number of hydrogen-bond acceptors (Lipinski definition) is 4. The molecule has 0 bridgehead atoms. The molecule has 1 aliphatic rings. The number of rotatable bonds is 3. The Morgan fingerprint density at radius 2 is 2.00 bits per heavy atom. The van der Waals surface area contributed by atoms with Crippen molar-refractivity contribution < 1.29 is 19.4 Å². The molecule has 5 nitrogen and oxygen atoms in total. The number of carbonyl (C=O) groups excluding carboxylic acids is 2. The van der Waals surface area contributed by atoms with Gasteiger partial charge in [-0.2, -0.15) is 0 Å². The van der Waals surface area contributed by atoms with Gasteiger partial charge in [0.25, 0.3) is 0 Å². The highest BCUT2D eigenvalue weighted by Gasteiger charge is 2.46. The largest absolute Gasteiger partial charge is 0.447 e. The molecule has 1 N–H and O–H groups in total. The lowest BCUT2D eigenvalue weighted by Gasteiger charge is -2.32. The zero-order valence-electron chi connectivity index (χ0n) is 12.6. The second kappa shape index (κ2) is 5.85. The molecule has 0 spiro atoms. The predicted molar refractivity (Wildman–Crippen MR) is 77.7 cm³/mol. The van der Waals surface area contributed by atoms with Crippen molar-refractivity contribution in [3.63, 3.8) is 0 Å². The molecular formula is C16H21NO4. The van der Waals surface area contributed by atoms with E-state index in [-0.39, 0.29) is 24.7 Å². The van der Waals surface area contributed by atoms with Crippen molar-refractivity contribution in [2.45, 2.75) is 32.7 Å². The zero-order chi connectivity index (χ0) is 15.6. The molecule has 114 valence electrons. The summed E-state index contributed by atoms with van der Waals surface area (Å²) in [6, 6.07) is 8.66. The number of carbonyl (C=O) groups is 2. The molecule has 0 aromatic heterocycles. The average Bonchev–Trinajstić information content (AvgIpc) is 2.82. The Balaban J connectivity index is 2.30. The third-order valence-corrected chi connectivity index (χ3v) is 3.79. The van der Waals surface area contributed by atoms with Crippen LogP contribution >= 0.6 is 0 Å². The van der Waals surface area contributed by atoms with Gasteiger partial charge in [-0.05, 0) is 11.0 Å². The Morgan fingerprint density at radius 1 is 1.38 bits per heavy atom. The highest BCUT2D eigenvalue weighted by atomic mass is 16.6. The molecule has 0 unspecified atom stereocenters. The van der Waals surface area contributed by atoms with Gasteiger partial charge in [0.15, 0.2) is 0 Å². The van der Waals surface area contributed by atoms with Crippen LogP contribution < -0.4 is 0 Å². The lowest BCUT2D eigenvalue weighted by Crippen LogP contribution is -2.48. The normalized spacial score (nSPS) is 20.3. The van der Waals surface area contributed by atoms with Crippen molar-refractivity contribution in [3.8, 4) is 0 Å². The van der Waals surface area contributed by atoms with E-state index in [1.54, 1.807) is 24.3 Å². The maximum Gasteiger partial charge on any atom is 0.417 e. The van der Waals surface area contributed by atoms with Gasteiger partial charge in [-0.1, -0.05) is 51.1 Å². The first kappa shape index (κ1) is 15.5. The lowest BCUT2D eigenvalue weighted by molar-refractivity contribution is -0.133. The van der Waals surface area contributed by atoms with Gasteiger partial charge in [-0.3, -0.25) is 4.79 Å². The van der Waals surface area contributed by atoms with Gasteiger partial charge >= 0.3 is 6.09 Å². The summed E-state index contributed by atoms with van der Waals surface area (Å²) in [4.78, 5) is 25.8. The first-order valence-electron chi connectivity index (χ1n) is 7.02. The van der Waals surface area contributed by atoms with Crippen LogP contribution in [0.5, 0.6) is 0 Å². The number of hydrogen-bond donors (Lipinski definition) is 1. The van der Waals surface area contributed by atoms with Gasteiger partial charge in [-0.15, -0.1) is 0 Å². The molecule has 2 atom stereocenters. The standard InChI is InChI=1S/C16H21NO4/c1-16(2,3)13-10-21-15(20)17(13)14(19)12(9-18)11-7-5-4-6-8-11/h4-8,12-13,18H,9-10H2,1-3H3/t12-,13-/m1/s1. The second-order valence-electron chi connectivity index (χ2n) is 6.31. The molecule has 21 heavy (non-hydrogen) atoms. The van der Waals surface area contributed by atoms with E-state index in [9.17, 15) is 14.7 Å². The topological polar surface area (TPSA) is 66.8 Å². The summed E-state index contributed by atoms with van der Waals surface area (Å²) in [5.41, 5.74) is 0.413. The number of benzene rings is 1. The summed E-state index contributed by atoms with van der Waals surface area (Å²) in [7, 11) is 0. The molecule has 0 radical (unpaired) electrons. The van der Waals surface area contributed by atoms with Crippen LogP contribution in [0.15, 0.2) is 30.3 Å². The zero-order valence-corrected chi connectivity index (χ0v) is 12.6. The van der Waals surface area contributed by atoms with E-state index in [2.05, 4.69) is 0 Å². The minimum atomic E-state index is -0.748. The Hall–Kier alpha value is -1.88. The van der Waals surface area contributed by atoms with Crippen molar-refractivity contribution in [2.75, 3.05) is 13.2 Å². The van der Waals surface area contributed by atoms with Crippen LogP contribution in [0.25, 0.3) is 0 Å². The highest BCUT2D eigenvalue weighted by molar-refractivity contribution is 5.97. The van der Waals surface area contributed by atoms with Gasteiger partial charge in [0.1, 0.15) is 6.61 Å².